The van der Waals surface area contributed by atoms with Crippen LogP contribution in [0.3, 0.4) is 0 Å². The number of carbonyl (C=O) groups excluding carboxylic acids is 3. The molecule has 0 aromatic heterocycles. The number of rotatable bonds is 5. The minimum Gasteiger partial charge on any atom is -0.484 e. The number of nitrogens with zero attached hydrogens (tertiary/aromatic N) is 2. The van der Waals surface area contributed by atoms with E-state index in [0.717, 1.165) is 10.5 Å². The van der Waals surface area contributed by atoms with Crippen molar-refractivity contribution < 1.29 is 23.9 Å². The molecule has 0 radical (unpaired) electrons. The largest absolute Gasteiger partial charge is 0.484 e. The summed E-state index contributed by atoms with van der Waals surface area (Å²) in [7, 11) is 0. The lowest BCUT2D eigenvalue weighted by Gasteiger charge is -2.40. The highest BCUT2D eigenvalue weighted by Gasteiger charge is 2.38. The highest BCUT2D eigenvalue weighted by molar-refractivity contribution is 5.97. The molecule has 0 N–H and O–H groups in total. The summed E-state index contributed by atoms with van der Waals surface area (Å²) in [5.41, 5.74) is 0.979. The van der Waals surface area contributed by atoms with Gasteiger partial charge in [0.25, 0.3) is 11.8 Å². The summed E-state index contributed by atoms with van der Waals surface area (Å²) in [6.45, 7) is 3.08. The summed E-state index contributed by atoms with van der Waals surface area (Å²) < 4.78 is 10.2. The van der Waals surface area contributed by atoms with Crippen LogP contribution < -0.4 is 4.74 Å². The molecule has 2 aliphatic heterocycles. The van der Waals surface area contributed by atoms with E-state index < -0.39 is 6.09 Å². The van der Waals surface area contributed by atoms with Gasteiger partial charge in [0.2, 0.25) is 0 Å². The number of para-hydroxylation sites is 1. The molecule has 0 atom stereocenters. The number of likely N-dealkylation sites (tertiary alicyclic amines) is 1. The summed E-state index contributed by atoms with van der Waals surface area (Å²) in [5, 5.41) is 0. The van der Waals surface area contributed by atoms with E-state index in [1.54, 1.807) is 4.90 Å². The first-order chi connectivity index (χ1) is 11.0. The Morgan fingerprint density at radius 1 is 1.30 bits per heavy atom. The Bertz CT molecular complexity index is 623. The summed E-state index contributed by atoms with van der Waals surface area (Å²) in [5.74, 6) is 0.387. The lowest BCUT2D eigenvalue weighted by Crippen LogP contribution is -2.55. The highest BCUT2D eigenvalue weighted by Crippen LogP contribution is 2.20. The molecular formula is C16H18N2O5. The maximum atomic E-state index is 12.1. The molecule has 7 nitrogen and oxygen atoms in total. The summed E-state index contributed by atoms with van der Waals surface area (Å²) >= 11 is 0. The first-order valence-corrected chi connectivity index (χ1v) is 7.48. The van der Waals surface area contributed by atoms with Gasteiger partial charge in [-0.15, -0.1) is 0 Å². The molecular weight excluding hydrogens is 300 g/mol. The monoisotopic (exact) mass is 318 g/mol. The molecule has 1 aromatic carbocycles. The molecule has 3 rings (SSSR count). The second-order valence-electron chi connectivity index (χ2n) is 5.78. The second-order valence-corrected chi connectivity index (χ2v) is 5.78. The Kier molecular flexibility index (Phi) is 4.18. The van der Waals surface area contributed by atoms with Crippen molar-refractivity contribution in [3.63, 3.8) is 0 Å². The average molecular weight is 318 g/mol. The van der Waals surface area contributed by atoms with Crippen LogP contribution in [0.15, 0.2) is 24.3 Å². The van der Waals surface area contributed by atoms with E-state index >= 15 is 0 Å². The zero-order chi connectivity index (χ0) is 16.4. The van der Waals surface area contributed by atoms with Crippen molar-refractivity contribution in [2.45, 2.75) is 6.92 Å². The molecule has 0 spiro atoms. The van der Waals surface area contributed by atoms with Gasteiger partial charge in [-0.05, 0) is 18.6 Å². The van der Waals surface area contributed by atoms with Gasteiger partial charge in [-0.25, -0.2) is 9.69 Å². The Hall–Kier alpha value is -2.57. The maximum Gasteiger partial charge on any atom is 0.417 e. The van der Waals surface area contributed by atoms with Gasteiger partial charge in [-0.2, -0.15) is 0 Å². The van der Waals surface area contributed by atoms with Crippen LogP contribution in [0.1, 0.15) is 5.56 Å². The van der Waals surface area contributed by atoms with Gasteiger partial charge in [0, 0.05) is 25.6 Å². The fourth-order valence-corrected chi connectivity index (χ4v) is 2.65. The minimum absolute atomic E-state index is 0.0116. The quantitative estimate of drug-likeness (QED) is 0.803. The lowest BCUT2D eigenvalue weighted by molar-refractivity contribution is -0.140. The van der Waals surface area contributed by atoms with Crippen molar-refractivity contribution in [2.75, 3.05) is 32.8 Å². The van der Waals surface area contributed by atoms with Gasteiger partial charge >= 0.3 is 6.09 Å². The number of aryl methyl sites for hydroxylation is 1. The van der Waals surface area contributed by atoms with Gasteiger partial charge in [0.1, 0.15) is 5.75 Å². The van der Waals surface area contributed by atoms with Gasteiger partial charge in [0.15, 0.2) is 13.2 Å². The van der Waals surface area contributed by atoms with Crippen molar-refractivity contribution in [3.05, 3.63) is 29.8 Å². The third-order valence-corrected chi connectivity index (χ3v) is 4.04. The summed E-state index contributed by atoms with van der Waals surface area (Å²) in [6, 6.07) is 7.52. The first kappa shape index (κ1) is 15.3. The first-order valence-electron chi connectivity index (χ1n) is 7.48. The standard InChI is InChI=1S/C16H18N2O5/c1-11-4-2-3-5-13(11)22-9-14(19)17-6-12(7-17)8-18-15(20)10-23-16(18)21/h2-5,12H,6-10H2,1H3. The molecule has 23 heavy (non-hydrogen) atoms. The van der Waals surface area contributed by atoms with Crippen molar-refractivity contribution >= 4 is 17.9 Å². The summed E-state index contributed by atoms with van der Waals surface area (Å²) in [6.07, 6.45) is -0.595. The Balaban J connectivity index is 1.42. The van der Waals surface area contributed by atoms with Crippen LogP contribution in [-0.2, 0) is 14.3 Å². The molecule has 0 bridgehead atoms. The fourth-order valence-electron chi connectivity index (χ4n) is 2.65. The fraction of sp³-hybridized carbons (Fsp3) is 0.438. The molecule has 2 aliphatic rings. The van der Waals surface area contributed by atoms with Crippen molar-refractivity contribution in [2.24, 2.45) is 5.92 Å². The SMILES string of the molecule is Cc1ccccc1OCC(=O)N1CC(CN2C(=O)COC2=O)C1. The molecule has 2 fully saturated rings. The number of ether oxygens (including phenoxy) is 2. The number of hydrogen-bond donors (Lipinski definition) is 0. The molecule has 1 aromatic rings. The molecule has 0 aliphatic carbocycles. The predicted molar refractivity (Wildman–Crippen MR) is 79.8 cm³/mol. The number of carbonyl (C=O) groups is 3. The molecule has 0 unspecified atom stereocenters. The zero-order valence-corrected chi connectivity index (χ0v) is 12.9. The van der Waals surface area contributed by atoms with Gasteiger partial charge < -0.3 is 14.4 Å². The van der Waals surface area contributed by atoms with E-state index in [1.165, 1.54) is 0 Å². The summed E-state index contributed by atoms with van der Waals surface area (Å²) in [4.78, 5) is 37.6. The Morgan fingerprint density at radius 3 is 2.70 bits per heavy atom. The van der Waals surface area contributed by atoms with E-state index in [4.69, 9.17) is 4.74 Å². The highest BCUT2D eigenvalue weighted by atomic mass is 16.6. The second kappa shape index (κ2) is 6.28. The molecule has 2 saturated heterocycles. The molecule has 3 amide bonds. The smallest absolute Gasteiger partial charge is 0.417 e. The Labute approximate surface area is 133 Å². The Morgan fingerprint density at radius 2 is 2.04 bits per heavy atom. The number of amides is 3. The van der Waals surface area contributed by atoms with E-state index in [9.17, 15) is 14.4 Å². The van der Waals surface area contributed by atoms with Gasteiger partial charge in [-0.3, -0.25) is 9.59 Å². The predicted octanol–water partition coefficient (Wildman–Crippen LogP) is 0.811. The normalized spacial score (nSPS) is 18.0. The molecule has 7 heteroatoms. The third kappa shape index (κ3) is 3.28. The maximum absolute atomic E-state index is 12.1. The van der Waals surface area contributed by atoms with Crippen LogP contribution in [0.25, 0.3) is 0 Å². The van der Waals surface area contributed by atoms with Crippen molar-refractivity contribution in [1.29, 1.82) is 0 Å². The molecule has 122 valence electrons. The average Bonchev–Trinajstić information content (AvgIpc) is 2.80. The number of imide groups is 1. The number of benzene rings is 1. The van der Waals surface area contributed by atoms with Crippen LogP contribution in [-0.4, -0.2) is 60.6 Å². The lowest BCUT2D eigenvalue weighted by atomic mass is 9.99. The van der Waals surface area contributed by atoms with E-state index in [-0.39, 0.29) is 30.9 Å². The van der Waals surface area contributed by atoms with E-state index in [2.05, 4.69) is 4.74 Å². The van der Waals surface area contributed by atoms with Crippen molar-refractivity contribution in [1.82, 2.24) is 9.80 Å². The van der Waals surface area contributed by atoms with E-state index in [1.807, 2.05) is 31.2 Å². The van der Waals surface area contributed by atoms with E-state index in [0.29, 0.717) is 25.4 Å². The van der Waals surface area contributed by atoms with Crippen LogP contribution in [0.5, 0.6) is 5.75 Å². The topological polar surface area (TPSA) is 76.2 Å². The van der Waals surface area contributed by atoms with Crippen LogP contribution >= 0.6 is 0 Å². The van der Waals surface area contributed by atoms with Crippen LogP contribution in [0.2, 0.25) is 0 Å². The van der Waals surface area contributed by atoms with Gasteiger partial charge in [-0.1, -0.05) is 18.2 Å². The third-order valence-electron chi connectivity index (χ3n) is 4.04. The van der Waals surface area contributed by atoms with Gasteiger partial charge in [0.05, 0.1) is 0 Å². The molecule has 2 heterocycles. The van der Waals surface area contributed by atoms with Crippen LogP contribution in [0.4, 0.5) is 4.79 Å². The van der Waals surface area contributed by atoms with Crippen LogP contribution in [0, 0.1) is 12.8 Å². The zero-order valence-electron chi connectivity index (χ0n) is 12.9. The molecule has 0 saturated carbocycles. The minimum atomic E-state index is -0.595. The number of hydrogen-bond acceptors (Lipinski definition) is 5. The van der Waals surface area contributed by atoms with Crippen molar-refractivity contribution in [3.8, 4) is 5.75 Å². The number of cyclic esters (lactones) is 1.